The number of amides is 8. The van der Waals surface area contributed by atoms with Gasteiger partial charge in [0.05, 0.1) is 50.8 Å². The summed E-state index contributed by atoms with van der Waals surface area (Å²) in [6.45, 7) is 3.43. The van der Waals surface area contributed by atoms with Crippen LogP contribution >= 0.6 is 0 Å². The monoisotopic (exact) mass is 1200 g/mol. The molecule has 472 valence electrons. The number of hydrogen-bond acceptors (Lipinski definition) is 25. The lowest BCUT2D eigenvalue weighted by atomic mass is 9.88. The van der Waals surface area contributed by atoms with Gasteiger partial charge in [0.2, 0.25) is 47.3 Å². The lowest BCUT2D eigenvalue weighted by Gasteiger charge is -2.51. The molecule has 18 N–H and O–H groups in total. The molecule has 23 atom stereocenters. The third-order valence-electron chi connectivity index (χ3n) is 15.2. The number of likely N-dealkylation sites (tertiary alicyclic amines) is 2. The molecule has 83 heavy (non-hydrogen) atoms. The van der Waals surface area contributed by atoms with Crippen molar-refractivity contribution in [3.63, 3.8) is 0 Å². The molecule has 0 spiro atoms. The number of carbonyl (C=O) groups excluding carboxylic acids is 8. The van der Waals surface area contributed by atoms with Crippen LogP contribution in [0, 0.1) is 5.92 Å². The van der Waals surface area contributed by atoms with Crippen LogP contribution in [0.25, 0.3) is 0 Å². The molecule has 0 aromatic rings. The summed E-state index contributed by atoms with van der Waals surface area (Å²) in [6.07, 6.45) is -27.1. The third-order valence-corrected chi connectivity index (χ3v) is 15.2. The molecule has 0 radical (unpaired) electrons. The van der Waals surface area contributed by atoms with Crippen molar-refractivity contribution in [2.45, 2.75) is 208 Å². The number of aliphatic carboxylic acids is 1. The number of hydrogen-bond donors (Lipinski definition) is 17. The molecule has 0 aromatic heterocycles. The molecule has 5 aliphatic heterocycles. The zero-order chi connectivity index (χ0) is 62.1. The smallest absolute Gasteiger partial charge is 0.364 e. The molecular weight excluding hydrogens is 1120 g/mol. The summed E-state index contributed by atoms with van der Waals surface area (Å²) >= 11 is 0. The molecule has 5 saturated heterocycles. The van der Waals surface area contributed by atoms with Crippen LogP contribution in [0.1, 0.15) is 73.6 Å². The predicted octanol–water partition coefficient (Wildman–Crippen LogP) is -10.1. The molecule has 0 aliphatic carbocycles. The van der Waals surface area contributed by atoms with E-state index in [9.17, 15) is 99.3 Å². The number of nitrogens with zero attached hydrogens (tertiary/aromatic N) is 2. The van der Waals surface area contributed by atoms with E-state index in [0.29, 0.717) is 12.8 Å². The first-order valence-corrected chi connectivity index (χ1v) is 27.1. The summed E-state index contributed by atoms with van der Waals surface area (Å²) in [7, 11) is 0. The van der Waals surface area contributed by atoms with Gasteiger partial charge in [-0.25, -0.2) is 4.79 Å². The number of carboxylic acid groups (broad SMARTS) is 1. The second-order valence-corrected chi connectivity index (χ2v) is 21.3. The predicted molar refractivity (Wildman–Crippen MR) is 272 cm³/mol. The van der Waals surface area contributed by atoms with Crippen LogP contribution in [0.5, 0.6) is 0 Å². The maximum Gasteiger partial charge on any atom is 0.364 e. The lowest BCUT2D eigenvalue weighted by Crippen LogP contribution is -2.70. The Balaban J connectivity index is 1.38. The van der Waals surface area contributed by atoms with E-state index in [1.54, 1.807) is 0 Å². The lowest BCUT2D eigenvalue weighted by molar-refractivity contribution is -0.384. The zero-order valence-corrected chi connectivity index (χ0v) is 46.5. The number of aliphatic hydroxyl groups is 10. The summed E-state index contributed by atoms with van der Waals surface area (Å²) in [5, 5.41) is 130. The van der Waals surface area contributed by atoms with E-state index in [1.165, 1.54) is 37.5 Å². The second-order valence-electron chi connectivity index (χ2n) is 21.3. The maximum absolute atomic E-state index is 14.4. The SMILES string of the molecule is CC(=O)NC(CO)C(=O)NC(C(=O)NC(C)C(=O)N1CCCC1C(=O)N1CCCC1C(=O)NC(C)C(N)=O)C(C)O[C@H]1OC(CO)[C@H](O)C(O[C@@H]2OC(CO)[C@H](O)C(O[C@]3(C(=O)O)CC(O)[C@@H](NC(C)=O)C([C@H](O)[C@H](O)CO)O3)C2O)C1C. The van der Waals surface area contributed by atoms with Gasteiger partial charge in [-0.05, 0) is 46.5 Å². The van der Waals surface area contributed by atoms with Gasteiger partial charge in [0.25, 0.3) is 5.79 Å². The number of nitrogens with two attached hydrogens (primary N) is 1. The van der Waals surface area contributed by atoms with E-state index >= 15 is 0 Å². The molecule has 0 aromatic carbocycles. The molecule has 34 nitrogen and oxygen atoms in total. The molecule has 5 heterocycles. The molecule has 0 bridgehead atoms. The zero-order valence-electron chi connectivity index (χ0n) is 46.5. The van der Waals surface area contributed by atoms with Crippen molar-refractivity contribution in [2.24, 2.45) is 11.7 Å². The minimum absolute atomic E-state index is 0.0652. The number of ether oxygens (including phenoxy) is 6. The quantitative estimate of drug-likeness (QED) is 0.0404. The number of rotatable bonds is 25. The number of carboxylic acids is 1. The van der Waals surface area contributed by atoms with Crippen molar-refractivity contribution in [3.8, 4) is 0 Å². The Hall–Kier alpha value is -5.41. The summed E-state index contributed by atoms with van der Waals surface area (Å²) in [5.74, 6) is -13.0. The van der Waals surface area contributed by atoms with E-state index < -0.39 is 226 Å². The summed E-state index contributed by atoms with van der Waals surface area (Å²) in [6, 6.07) is -9.61. The van der Waals surface area contributed by atoms with Crippen LogP contribution in [0.15, 0.2) is 0 Å². The van der Waals surface area contributed by atoms with Crippen LogP contribution in [0.2, 0.25) is 0 Å². The summed E-state index contributed by atoms with van der Waals surface area (Å²) in [5.41, 5.74) is 5.31. The number of carbonyl (C=O) groups is 9. The Bertz CT molecular complexity index is 2310. The highest BCUT2D eigenvalue weighted by Crippen LogP contribution is 2.39. The molecular formula is C49H80N8O26. The van der Waals surface area contributed by atoms with Gasteiger partial charge in [0.15, 0.2) is 12.6 Å². The Kier molecular flexibility index (Phi) is 24.4. The molecule has 5 rings (SSSR count). The van der Waals surface area contributed by atoms with Crippen molar-refractivity contribution in [3.05, 3.63) is 0 Å². The first-order chi connectivity index (χ1) is 39.0. The van der Waals surface area contributed by atoms with Gasteiger partial charge in [-0.2, -0.15) is 0 Å². The van der Waals surface area contributed by atoms with Gasteiger partial charge in [-0.15, -0.1) is 0 Å². The van der Waals surface area contributed by atoms with E-state index in [4.69, 9.17) is 34.2 Å². The number of primary amides is 1. The van der Waals surface area contributed by atoms with Crippen molar-refractivity contribution >= 4 is 53.2 Å². The molecule has 5 fully saturated rings. The van der Waals surface area contributed by atoms with E-state index in [1.807, 2.05) is 0 Å². The number of aliphatic hydroxyl groups excluding tert-OH is 10. The van der Waals surface area contributed by atoms with Gasteiger partial charge in [0.1, 0.15) is 91.2 Å². The van der Waals surface area contributed by atoms with Crippen molar-refractivity contribution < 1.29 is 128 Å². The van der Waals surface area contributed by atoms with Crippen molar-refractivity contribution in [1.29, 1.82) is 0 Å². The van der Waals surface area contributed by atoms with Gasteiger partial charge in [-0.1, -0.05) is 6.92 Å². The highest BCUT2D eigenvalue weighted by atomic mass is 16.8. The van der Waals surface area contributed by atoms with Crippen LogP contribution in [0.4, 0.5) is 0 Å². The third kappa shape index (κ3) is 15.9. The second kappa shape index (κ2) is 29.6. The largest absolute Gasteiger partial charge is 0.477 e. The van der Waals surface area contributed by atoms with E-state index in [2.05, 4.69) is 26.6 Å². The fourth-order valence-electron chi connectivity index (χ4n) is 10.6. The van der Waals surface area contributed by atoms with Gasteiger partial charge in [-0.3, -0.25) is 38.4 Å². The highest BCUT2D eigenvalue weighted by Gasteiger charge is 2.60. The maximum atomic E-state index is 14.4. The van der Waals surface area contributed by atoms with Crippen LogP contribution < -0.4 is 32.3 Å². The van der Waals surface area contributed by atoms with Crippen LogP contribution in [0.3, 0.4) is 0 Å². The fraction of sp³-hybridized carbons (Fsp3) is 0.816. The molecule has 8 amide bonds. The Morgan fingerprint density at radius 1 is 0.723 bits per heavy atom. The minimum Gasteiger partial charge on any atom is -0.477 e. The fourth-order valence-corrected chi connectivity index (χ4v) is 10.6. The average Bonchev–Trinajstić information content (AvgIpc) is 4.28. The molecule has 5 aliphatic rings. The summed E-state index contributed by atoms with van der Waals surface area (Å²) in [4.78, 5) is 121. The Labute approximate surface area is 475 Å². The Morgan fingerprint density at radius 3 is 1.87 bits per heavy atom. The van der Waals surface area contributed by atoms with E-state index in [-0.39, 0.29) is 25.9 Å². The topological polar surface area (TPSA) is 524 Å². The van der Waals surface area contributed by atoms with Crippen LogP contribution in [-0.2, 0) is 71.6 Å². The standard InChI is InChI=1S/C49H80N8O26/c1-18-37(81-47-36(69)39(35(68)30(17-61)80-47)83-49(48(76)77)13-27(64)32(54-23(6)63)38(82-49)33(66)28(65)15-59)34(67)29(16-60)79-46(18)78-21(4)31(55-41(71)24(14-58)53-22(5)62)43(73)52-20(3)44(74)57-12-8-10-26(57)45(75)56-11-7-9-25(56)42(72)51-19(2)40(50)70/h18-21,24-39,46-47,58-61,64-69H,7-17H2,1-6H3,(H2,50,70)(H,51,72)(H,52,73)(H,53,62)(H,54,63)(H,55,71)(H,76,77)/t18?,19?,20?,21?,24?,25?,26?,27?,28-,29?,30?,31?,32-,33-,34+,35+,36?,37?,38?,39?,46+,47+,49+/m1/s1. The number of nitrogens with one attached hydrogen (secondary N) is 5. The Morgan fingerprint density at radius 2 is 1.31 bits per heavy atom. The van der Waals surface area contributed by atoms with Crippen LogP contribution in [-0.4, -0.2) is 293 Å². The highest BCUT2D eigenvalue weighted by molar-refractivity contribution is 5.97. The first-order valence-electron chi connectivity index (χ1n) is 27.1. The normalized spacial score (nSPS) is 34.4. The van der Waals surface area contributed by atoms with Gasteiger partial charge >= 0.3 is 5.97 Å². The molecule has 15 unspecified atom stereocenters. The average molecular weight is 1200 g/mol. The van der Waals surface area contributed by atoms with Gasteiger partial charge < -0.3 is 127 Å². The summed E-state index contributed by atoms with van der Waals surface area (Å²) < 4.78 is 35.2. The molecule has 0 saturated carbocycles. The van der Waals surface area contributed by atoms with E-state index in [0.717, 1.165) is 13.8 Å². The minimum atomic E-state index is -3.16. The first kappa shape index (κ1) is 68.4. The molecule has 34 heteroatoms. The van der Waals surface area contributed by atoms with Crippen molar-refractivity contribution in [2.75, 3.05) is 39.5 Å². The van der Waals surface area contributed by atoms with Gasteiger partial charge in [0, 0.05) is 39.3 Å². The van der Waals surface area contributed by atoms with Crippen molar-refractivity contribution in [1.82, 2.24) is 36.4 Å².